The van der Waals surface area contributed by atoms with E-state index in [1.807, 2.05) is 24.3 Å². The van der Waals surface area contributed by atoms with Gasteiger partial charge in [-0.15, -0.1) is 0 Å². The summed E-state index contributed by atoms with van der Waals surface area (Å²) in [7, 11) is 0. The second-order valence-electron chi connectivity index (χ2n) is 4.63. The maximum absolute atomic E-state index is 6.04. The Labute approximate surface area is 108 Å². The maximum atomic E-state index is 6.04. The number of halogens is 1. The van der Waals surface area contributed by atoms with Gasteiger partial charge in [-0.05, 0) is 30.9 Å². The van der Waals surface area contributed by atoms with E-state index in [-0.39, 0.29) is 0 Å². The lowest BCUT2D eigenvalue weighted by Crippen LogP contribution is -2.13. The van der Waals surface area contributed by atoms with Crippen LogP contribution >= 0.6 is 11.6 Å². The molecule has 2 nitrogen and oxygen atoms in total. The van der Waals surface area contributed by atoms with E-state index in [1.165, 1.54) is 25.7 Å². The van der Waals surface area contributed by atoms with Gasteiger partial charge in [-0.2, -0.15) is 0 Å². The van der Waals surface area contributed by atoms with Crippen LogP contribution in [0.1, 0.15) is 25.7 Å². The van der Waals surface area contributed by atoms with Gasteiger partial charge in [0.25, 0.3) is 0 Å². The highest BCUT2D eigenvalue weighted by atomic mass is 35.5. The lowest BCUT2D eigenvalue weighted by atomic mass is 10.1. The first kappa shape index (κ1) is 12.7. The number of benzene rings is 1. The summed E-state index contributed by atoms with van der Waals surface area (Å²) in [6, 6.07) is 7.79. The maximum Gasteiger partial charge on any atom is 0.0639 e. The summed E-state index contributed by atoms with van der Waals surface area (Å²) in [5, 5.41) is 4.05. The third-order valence-corrected chi connectivity index (χ3v) is 3.59. The van der Waals surface area contributed by atoms with E-state index in [1.54, 1.807) is 0 Å². The van der Waals surface area contributed by atoms with Crippen LogP contribution in [0.15, 0.2) is 24.3 Å². The number of hydrogen-bond acceptors (Lipinski definition) is 2. The fourth-order valence-electron chi connectivity index (χ4n) is 2.29. The van der Waals surface area contributed by atoms with Gasteiger partial charge in [0.05, 0.1) is 17.3 Å². The zero-order chi connectivity index (χ0) is 11.9. The fraction of sp³-hybridized carbons (Fsp3) is 0.571. The van der Waals surface area contributed by atoms with E-state index in [2.05, 4.69) is 5.32 Å². The van der Waals surface area contributed by atoms with Gasteiger partial charge in [0.2, 0.25) is 0 Å². The van der Waals surface area contributed by atoms with E-state index < -0.39 is 0 Å². The topological polar surface area (TPSA) is 21.3 Å². The van der Waals surface area contributed by atoms with Crippen LogP contribution in [0.4, 0.5) is 5.69 Å². The number of rotatable bonds is 6. The van der Waals surface area contributed by atoms with E-state index in [0.29, 0.717) is 0 Å². The van der Waals surface area contributed by atoms with Crippen molar-refractivity contribution >= 4 is 17.3 Å². The number of para-hydroxylation sites is 1. The van der Waals surface area contributed by atoms with Crippen molar-refractivity contribution in [2.45, 2.75) is 25.7 Å². The molecule has 1 saturated carbocycles. The summed E-state index contributed by atoms with van der Waals surface area (Å²) in [4.78, 5) is 0. The minimum Gasteiger partial charge on any atom is -0.382 e. The van der Waals surface area contributed by atoms with Gasteiger partial charge >= 0.3 is 0 Å². The summed E-state index contributed by atoms with van der Waals surface area (Å²) in [6.07, 6.45) is 5.45. The molecule has 1 N–H and O–H groups in total. The highest BCUT2D eigenvalue weighted by Gasteiger charge is 2.14. The number of anilines is 1. The normalized spacial score (nSPS) is 16.3. The van der Waals surface area contributed by atoms with Crippen molar-refractivity contribution in [2.75, 3.05) is 25.1 Å². The number of nitrogens with one attached hydrogen (secondary N) is 1. The summed E-state index contributed by atoms with van der Waals surface area (Å²) >= 11 is 6.04. The molecule has 0 heterocycles. The Bertz CT molecular complexity index is 337. The van der Waals surface area contributed by atoms with Crippen LogP contribution in [0.3, 0.4) is 0 Å². The summed E-state index contributed by atoms with van der Waals surface area (Å²) in [5.41, 5.74) is 0.985. The van der Waals surface area contributed by atoms with Crippen molar-refractivity contribution in [3.8, 4) is 0 Å². The van der Waals surface area contributed by atoms with Crippen molar-refractivity contribution < 1.29 is 4.74 Å². The molecule has 0 unspecified atom stereocenters. The standard InChI is InChI=1S/C14H20ClNO/c15-13-7-3-4-8-14(13)16-9-10-17-11-12-5-1-2-6-12/h3-4,7-8,12,16H,1-2,5-6,9-11H2. The lowest BCUT2D eigenvalue weighted by molar-refractivity contribution is 0.109. The lowest BCUT2D eigenvalue weighted by Gasteiger charge is -2.11. The summed E-state index contributed by atoms with van der Waals surface area (Å²) in [6.45, 7) is 2.49. The van der Waals surface area contributed by atoms with Gasteiger partial charge in [-0.1, -0.05) is 36.6 Å². The largest absolute Gasteiger partial charge is 0.382 e. The molecule has 1 aliphatic rings. The molecule has 2 rings (SSSR count). The van der Waals surface area contributed by atoms with Gasteiger partial charge in [0, 0.05) is 13.2 Å². The monoisotopic (exact) mass is 253 g/mol. The van der Waals surface area contributed by atoms with Crippen LogP contribution in [0, 0.1) is 5.92 Å². The molecule has 0 spiro atoms. The number of ether oxygens (including phenoxy) is 1. The Morgan fingerprint density at radius 1 is 1.24 bits per heavy atom. The van der Waals surface area contributed by atoms with Gasteiger partial charge in [-0.25, -0.2) is 0 Å². The minimum absolute atomic E-state index is 0.752. The highest BCUT2D eigenvalue weighted by molar-refractivity contribution is 6.33. The summed E-state index contributed by atoms with van der Waals surface area (Å²) < 4.78 is 5.67. The molecule has 1 fully saturated rings. The molecule has 0 bridgehead atoms. The molecule has 0 radical (unpaired) electrons. The predicted molar refractivity (Wildman–Crippen MR) is 72.7 cm³/mol. The van der Waals surface area contributed by atoms with Crippen LogP contribution in [-0.4, -0.2) is 19.8 Å². The first-order valence-corrected chi connectivity index (χ1v) is 6.80. The van der Waals surface area contributed by atoms with Gasteiger partial charge in [-0.3, -0.25) is 0 Å². The molecule has 1 aromatic rings. The van der Waals surface area contributed by atoms with Crippen molar-refractivity contribution in [3.63, 3.8) is 0 Å². The molecule has 94 valence electrons. The van der Waals surface area contributed by atoms with Crippen molar-refractivity contribution in [1.82, 2.24) is 0 Å². The Morgan fingerprint density at radius 3 is 2.76 bits per heavy atom. The molecule has 1 aliphatic carbocycles. The summed E-state index contributed by atoms with van der Waals surface area (Å²) in [5.74, 6) is 0.801. The molecule has 0 atom stereocenters. The smallest absolute Gasteiger partial charge is 0.0639 e. The zero-order valence-electron chi connectivity index (χ0n) is 10.1. The Hall–Kier alpha value is -0.730. The van der Waals surface area contributed by atoms with E-state index in [0.717, 1.165) is 36.4 Å². The average Bonchev–Trinajstić information content (AvgIpc) is 2.84. The van der Waals surface area contributed by atoms with E-state index >= 15 is 0 Å². The number of hydrogen-bond donors (Lipinski definition) is 1. The second-order valence-corrected chi connectivity index (χ2v) is 5.04. The average molecular weight is 254 g/mol. The third-order valence-electron chi connectivity index (χ3n) is 3.26. The van der Waals surface area contributed by atoms with Crippen LogP contribution in [0.25, 0.3) is 0 Å². The minimum atomic E-state index is 0.752. The van der Waals surface area contributed by atoms with Crippen molar-refractivity contribution in [2.24, 2.45) is 5.92 Å². The Morgan fingerprint density at radius 2 is 2.00 bits per heavy atom. The van der Waals surface area contributed by atoms with Crippen LogP contribution in [0.2, 0.25) is 5.02 Å². The molecule has 0 aliphatic heterocycles. The van der Waals surface area contributed by atoms with E-state index in [9.17, 15) is 0 Å². The highest BCUT2D eigenvalue weighted by Crippen LogP contribution is 2.24. The quantitative estimate of drug-likeness (QED) is 0.775. The van der Waals surface area contributed by atoms with Crippen LogP contribution < -0.4 is 5.32 Å². The molecule has 3 heteroatoms. The molecule has 1 aromatic carbocycles. The van der Waals surface area contributed by atoms with Gasteiger partial charge in [0.1, 0.15) is 0 Å². The molecule has 0 saturated heterocycles. The first-order chi connectivity index (χ1) is 8.36. The van der Waals surface area contributed by atoms with Gasteiger partial charge < -0.3 is 10.1 Å². The Kier molecular flexibility index (Phi) is 5.14. The van der Waals surface area contributed by atoms with Crippen LogP contribution in [0.5, 0.6) is 0 Å². The second kappa shape index (κ2) is 6.87. The SMILES string of the molecule is Clc1ccccc1NCCOCC1CCCC1. The molecule has 17 heavy (non-hydrogen) atoms. The van der Waals surface area contributed by atoms with E-state index in [4.69, 9.17) is 16.3 Å². The molecular formula is C14H20ClNO. The third kappa shape index (κ3) is 4.21. The molecule has 0 amide bonds. The fourth-order valence-corrected chi connectivity index (χ4v) is 2.49. The molecular weight excluding hydrogens is 234 g/mol. The first-order valence-electron chi connectivity index (χ1n) is 6.42. The van der Waals surface area contributed by atoms with Crippen molar-refractivity contribution in [3.05, 3.63) is 29.3 Å². The Balaban J connectivity index is 1.58. The molecule has 0 aromatic heterocycles. The predicted octanol–water partition coefficient (Wildman–Crippen LogP) is 3.96. The zero-order valence-corrected chi connectivity index (χ0v) is 10.9. The van der Waals surface area contributed by atoms with Crippen LogP contribution in [-0.2, 0) is 4.74 Å². The van der Waals surface area contributed by atoms with Gasteiger partial charge in [0.15, 0.2) is 0 Å². The van der Waals surface area contributed by atoms with Crippen molar-refractivity contribution in [1.29, 1.82) is 0 Å².